The quantitative estimate of drug-likeness (QED) is 0.562. The minimum atomic E-state index is 0.296. The molecular formula is C20H20ClN3OS. The minimum Gasteiger partial charge on any atom is -0.377 e. The third-order valence-corrected chi connectivity index (χ3v) is 5.70. The Balaban J connectivity index is 1.67. The largest absolute Gasteiger partial charge is 0.377 e. The van der Waals surface area contributed by atoms with Crippen LogP contribution in [-0.2, 0) is 4.74 Å². The molecule has 1 saturated heterocycles. The molecule has 6 heteroatoms. The molecule has 2 aromatic carbocycles. The van der Waals surface area contributed by atoms with Crippen LogP contribution in [0.25, 0.3) is 17.1 Å². The number of thioether (sulfide) groups is 1. The zero-order valence-corrected chi connectivity index (χ0v) is 15.9. The fourth-order valence-electron chi connectivity index (χ4n) is 3.09. The molecule has 0 radical (unpaired) electrons. The van der Waals surface area contributed by atoms with E-state index >= 15 is 0 Å². The average molecular weight is 386 g/mol. The smallest absolute Gasteiger partial charge is 0.196 e. The molecular weight excluding hydrogens is 366 g/mol. The Bertz CT molecular complexity index is 863. The standard InChI is InChI=1S/C20H20ClN3OS/c21-16-8-6-7-15(13-16)19-22-23-20(24(19)17-9-2-1-3-10-17)26-14-18-11-4-5-12-25-18/h1-3,6-10,13,18H,4-5,11-12,14H2/t18-/m0/s1. The Labute approximate surface area is 162 Å². The van der Waals surface area contributed by atoms with Gasteiger partial charge in [0.15, 0.2) is 11.0 Å². The maximum atomic E-state index is 6.18. The highest BCUT2D eigenvalue weighted by Gasteiger charge is 2.19. The van der Waals surface area contributed by atoms with E-state index < -0.39 is 0 Å². The second kappa shape index (κ2) is 8.25. The lowest BCUT2D eigenvalue weighted by Gasteiger charge is -2.22. The van der Waals surface area contributed by atoms with Crippen molar-refractivity contribution in [1.82, 2.24) is 14.8 Å². The van der Waals surface area contributed by atoms with E-state index in [1.807, 2.05) is 42.5 Å². The fraction of sp³-hybridized carbons (Fsp3) is 0.300. The van der Waals surface area contributed by atoms with Crippen molar-refractivity contribution in [2.24, 2.45) is 0 Å². The predicted octanol–water partition coefficient (Wildman–Crippen LogP) is 5.25. The summed E-state index contributed by atoms with van der Waals surface area (Å²) in [5, 5.41) is 10.5. The monoisotopic (exact) mass is 385 g/mol. The number of benzene rings is 2. The van der Waals surface area contributed by atoms with E-state index in [0.29, 0.717) is 11.1 Å². The van der Waals surface area contributed by atoms with Gasteiger partial charge >= 0.3 is 0 Å². The van der Waals surface area contributed by atoms with Crippen LogP contribution in [0.2, 0.25) is 5.02 Å². The molecule has 0 aliphatic carbocycles. The number of ether oxygens (including phenoxy) is 1. The minimum absolute atomic E-state index is 0.296. The van der Waals surface area contributed by atoms with Crippen molar-refractivity contribution < 1.29 is 4.74 Å². The number of para-hydroxylation sites is 1. The molecule has 2 heterocycles. The van der Waals surface area contributed by atoms with Crippen molar-refractivity contribution in [3.63, 3.8) is 0 Å². The summed E-state index contributed by atoms with van der Waals surface area (Å²) in [6.45, 7) is 0.865. The van der Waals surface area contributed by atoms with E-state index in [1.165, 1.54) is 12.8 Å². The van der Waals surface area contributed by atoms with E-state index in [4.69, 9.17) is 16.3 Å². The predicted molar refractivity (Wildman–Crippen MR) is 106 cm³/mol. The van der Waals surface area contributed by atoms with Gasteiger partial charge in [-0.1, -0.05) is 53.7 Å². The first-order chi connectivity index (χ1) is 12.8. The lowest BCUT2D eigenvalue weighted by molar-refractivity contribution is 0.0315. The highest BCUT2D eigenvalue weighted by molar-refractivity contribution is 7.99. The zero-order chi connectivity index (χ0) is 17.8. The van der Waals surface area contributed by atoms with E-state index in [1.54, 1.807) is 11.8 Å². The Hall–Kier alpha value is -1.82. The number of hydrogen-bond donors (Lipinski definition) is 0. The van der Waals surface area contributed by atoms with Crippen LogP contribution in [-0.4, -0.2) is 33.2 Å². The van der Waals surface area contributed by atoms with Gasteiger partial charge < -0.3 is 4.74 Å². The normalized spacial score (nSPS) is 17.3. The molecule has 4 rings (SSSR count). The summed E-state index contributed by atoms with van der Waals surface area (Å²) >= 11 is 7.88. The topological polar surface area (TPSA) is 39.9 Å². The summed E-state index contributed by atoms with van der Waals surface area (Å²) in [6, 6.07) is 17.9. The van der Waals surface area contributed by atoms with Gasteiger partial charge in [0.2, 0.25) is 0 Å². The molecule has 134 valence electrons. The van der Waals surface area contributed by atoms with E-state index in [9.17, 15) is 0 Å². The first-order valence-electron chi connectivity index (χ1n) is 8.82. The van der Waals surface area contributed by atoms with Gasteiger partial charge in [-0.3, -0.25) is 4.57 Å². The van der Waals surface area contributed by atoms with Crippen LogP contribution in [0, 0.1) is 0 Å². The molecule has 1 aliphatic heterocycles. The third-order valence-electron chi connectivity index (χ3n) is 4.40. The van der Waals surface area contributed by atoms with Gasteiger partial charge in [-0.2, -0.15) is 0 Å². The number of rotatable bonds is 5. The van der Waals surface area contributed by atoms with Crippen LogP contribution in [0.4, 0.5) is 0 Å². The molecule has 1 aromatic heterocycles. The van der Waals surface area contributed by atoms with Gasteiger partial charge in [0.25, 0.3) is 0 Å². The Morgan fingerprint density at radius 1 is 1.08 bits per heavy atom. The van der Waals surface area contributed by atoms with Gasteiger partial charge in [0, 0.05) is 28.6 Å². The molecule has 3 aromatic rings. The van der Waals surface area contributed by atoms with E-state index in [2.05, 4.69) is 26.9 Å². The molecule has 1 aliphatic rings. The summed E-state index contributed by atoms with van der Waals surface area (Å²) in [6.07, 6.45) is 3.82. The molecule has 0 bridgehead atoms. The SMILES string of the molecule is Clc1cccc(-c2nnc(SC[C@@H]3CCCCO3)n2-c2ccccc2)c1. The number of aromatic nitrogens is 3. The molecule has 0 spiro atoms. The molecule has 26 heavy (non-hydrogen) atoms. The van der Waals surface area contributed by atoms with Crippen LogP contribution in [0.3, 0.4) is 0 Å². The highest BCUT2D eigenvalue weighted by Crippen LogP contribution is 2.30. The average Bonchev–Trinajstić information content (AvgIpc) is 3.12. The van der Waals surface area contributed by atoms with E-state index in [-0.39, 0.29) is 0 Å². The third kappa shape index (κ3) is 3.95. The Morgan fingerprint density at radius 2 is 1.96 bits per heavy atom. The van der Waals surface area contributed by atoms with E-state index in [0.717, 1.165) is 41.0 Å². The first-order valence-corrected chi connectivity index (χ1v) is 10.2. The molecule has 1 atom stereocenters. The Morgan fingerprint density at radius 3 is 2.73 bits per heavy atom. The molecule has 0 amide bonds. The molecule has 0 N–H and O–H groups in total. The molecule has 1 fully saturated rings. The number of hydrogen-bond acceptors (Lipinski definition) is 4. The van der Waals surface area contributed by atoms with Gasteiger partial charge in [-0.15, -0.1) is 10.2 Å². The number of nitrogens with zero attached hydrogens (tertiary/aromatic N) is 3. The van der Waals surface area contributed by atoms with Gasteiger partial charge in [0.05, 0.1) is 6.10 Å². The Kier molecular flexibility index (Phi) is 5.58. The first kappa shape index (κ1) is 17.6. The van der Waals surface area contributed by atoms with Gasteiger partial charge in [-0.05, 0) is 43.5 Å². The van der Waals surface area contributed by atoms with Crippen molar-refractivity contribution in [2.75, 3.05) is 12.4 Å². The van der Waals surface area contributed by atoms with Crippen molar-refractivity contribution in [2.45, 2.75) is 30.5 Å². The molecule has 0 saturated carbocycles. The fourth-order valence-corrected chi connectivity index (χ4v) is 4.30. The summed E-state index contributed by atoms with van der Waals surface area (Å²) in [5.74, 6) is 1.69. The highest BCUT2D eigenvalue weighted by atomic mass is 35.5. The molecule has 4 nitrogen and oxygen atoms in total. The number of halogens is 1. The zero-order valence-electron chi connectivity index (χ0n) is 14.3. The summed E-state index contributed by atoms with van der Waals surface area (Å²) in [5.41, 5.74) is 1.99. The van der Waals surface area contributed by atoms with Crippen molar-refractivity contribution in [3.8, 4) is 17.1 Å². The van der Waals surface area contributed by atoms with Crippen molar-refractivity contribution in [1.29, 1.82) is 0 Å². The van der Waals surface area contributed by atoms with Gasteiger partial charge in [0.1, 0.15) is 0 Å². The second-order valence-electron chi connectivity index (χ2n) is 6.29. The maximum Gasteiger partial charge on any atom is 0.196 e. The van der Waals surface area contributed by atoms with Crippen LogP contribution in [0.15, 0.2) is 59.8 Å². The lowest BCUT2D eigenvalue weighted by atomic mass is 10.1. The van der Waals surface area contributed by atoms with Crippen molar-refractivity contribution in [3.05, 3.63) is 59.6 Å². The summed E-state index contributed by atoms with van der Waals surface area (Å²) in [7, 11) is 0. The maximum absolute atomic E-state index is 6.18. The van der Waals surface area contributed by atoms with Crippen molar-refractivity contribution >= 4 is 23.4 Å². The summed E-state index contributed by atoms with van der Waals surface area (Å²) in [4.78, 5) is 0. The summed E-state index contributed by atoms with van der Waals surface area (Å²) < 4.78 is 7.95. The lowest BCUT2D eigenvalue weighted by Crippen LogP contribution is -2.21. The second-order valence-corrected chi connectivity index (χ2v) is 7.71. The van der Waals surface area contributed by atoms with Crippen LogP contribution in [0.5, 0.6) is 0 Å². The van der Waals surface area contributed by atoms with Crippen LogP contribution >= 0.6 is 23.4 Å². The van der Waals surface area contributed by atoms with Crippen LogP contribution in [0.1, 0.15) is 19.3 Å². The van der Waals surface area contributed by atoms with Gasteiger partial charge in [-0.25, -0.2) is 0 Å². The molecule has 0 unspecified atom stereocenters. The van der Waals surface area contributed by atoms with Crippen LogP contribution < -0.4 is 0 Å².